The first-order chi connectivity index (χ1) is 8.82. The quantitative estimate of drug-likeness (QED) is 0.858. The van der Waals surface area contributed by atoms with Gasteiger partial charge < -0.3 is 5.11 Å². The van der Waals surface area contributed by atoms with E-state index >= 15 is 0 Å². The fourth-order valence-electron chi connectivity index (χ4n) is 2.17. The van der Waals surface area contributed by atoms with Crippen LogP contribution in [0, 0.1) is 0 Å². The zero-order valence-electron chi connectivity index (χ0n) is 10.2. The topological polar surface area (TPSA) is 66.4 Å². The Balaban J connectivity index is 2.11. The number of sulfonamides is 1. The zero-order chi connectivity index (χ0) is 14.1. The van der Waals surface area contributed by atoms with Crippen molar-refractivity contribution in [3.05, 3.63) is 27.7 Å². The molecule has 4 nitrogen and oxygen atoms in total. The van der Waals surface area contributed by atoms with Gasteiger partial charge in [0, 0.05) is 11.0 Å². The molecule has 0 atom stereocenters. The molecule has 1 aromatic carbocycles. The second-order valence-corrected chi connectivity index (χ2v) is 7.86. The molecular formula is C12H15BrClNO3S. The molecule has 106 valence electrons. The first-order valence-electron chi connectivity index (χ1n) is 6.00. The van der Waals surface area contributed by atoms with Crippen molar-refractivity contribution in [3.8, 4) is 0 Å². The van der Waals surface area contributed by atoms with Gasteiger partial charge in [0.2, 0.25) is 10.0 Å². The minimum atomic E-state index is -3.62. The molecule has 1 aliphatic carbocycles. The number of benzene rings is 1. The van der Waals surface area contributed by atoms with Gasteiger partial charge in [-0.3, -0.25) is 0 Å². The van der Waals surface area contributed by atoms with Crippen molar-refractivity contribution >= 4 is 37.6 Å². The summed E-state index contributed by atoms with van der Waals surface area (Å²) < 4.78 is 27.2. The van der Waals surface area contributed by atoms with E-state index in [1.54, 1.807) is 0 Å². The van der Waals surface area contributed by atoms with Crippen LogP contribution in [0.4, 0.5) is 0 Å². The van der Waals surface area contributed by atoms with Crippen LogP contribution in [-0.2, 0) is 10.0 Å². The van der Waals surface area contributed by atoms with Gasteiger partial charge in [0.15, 0.2) is 0 Å². The molecule has 0 saturated heterocycles. The maximum Gasteiger partial charge on any atom is 0.240 e. The molecule has 7 heteroatoms. The van der Waals surface area contributed by atoms with Gasteiger partial charge in [0.05, 0.1) is 15.5 Å². The summed E-state index contributed by atoms with van der Waals surface area (Å²) in [6.45, 7) is 0.0512. The molecule has 1 aromatic rings. The van der Waals surface area contributed by atoms with Crippen LogP contribution in [0.5, 0.6) is 0 Å². The lowest BCUT2D eigenvalue weighted by molar-refractivity contribution is 0.0532. The highest BCUT2D eigenvalue weighted by Gasteiger charge is 2.32. The summed E-state index contributed by atoms with van der Waals surface area (Å²) >= 11 is 9.02. The van der Waals surface area contributed by atoms with Gasteiger partial charge >= 0.3 is 0 Å². The summed E-state index contributed by atoms with van der Waals surface area (Å²) in [6, 6.07) is 4.40. The Hall–Kier alpha value is -0.140. The summed E-state index contributed by atoms with van der Waals surface area (Å²) in [5, 5.41) is 10.6. The standard InChI is InChI=1S/C12H15BrClNO3S/c13-10-7-9(3-4-11(10)14)19(17,18)15-8-12(16)5-1-2-6-12/h3-4,7,15-16H,1-2,5-6,8H2. The fraction of sp³-hybridized carbons (Fsp3) is 0.500. The fourth-order valence-corrected chi connectivity index (χ4v) is 3.96. The smallest absolute Gasteiger partial charge is 0.240 e. The highest BCUT2D eigenvalue weighted by atomic mass is 79.9. The van der Waals surface area contributed by atoms with Gasteiger partial charge in [-0.2, -0.15) is 0 Å². The molecule has 0 heterocycles. The van der Waals surface area contributed by atoms with Gasteiger partial charge in [-0.05, 0) is 47.0 Å². The molecule has 0 spiro atoms. The van der Waals surface area contributed by atoms with Crippen LogP contribution in [0.2, 0.25) is 5.02 Å². The van der Waals surface area contributed by atoms with Crippen LogP contribution in [0.15, 0.2) is 27.6 Å². The summed E-state index contributed by atoms with van der Waals surface area (Å²) in [5.41, 5.74) is -0.906. The largest absolute Gasteiger partial charge is 0.389 e. The lowest BCUT2D eigenvalue weighted by atomic mass is 10.0. The molecular weight excluding hydrogens is 354 g/mol. The van der Waals surface area contributed by atoms with Crippen molar-refractivity contribution < 1.29 is 13.5 Å². The Morgan fingerprint density at radius 2 is 2.00 bits per heavy atom. The highest BCUT2D eigenvalue weighted by molar-refractivity contribution is 9.10. The molecule has 1 fully saturated rings. The van der Waals surface area contributed by atoms with Gasteiger partial charge in [0.1, 0.15) is 0 Å². The summed E-state index contributed by atoms with van der Waals surface area (Å²) in [6.07, 6.45) is 3.15. The van der Waals surface area contributed by atoms with E-state index in [1.807, 2.05) is 0 Å². The lowest BCUT2D eigenvalue weighted by Gasteiger charge is -2.22. The molecule has 0 unspecified atom stereocenters. The summed E-state index contributed by atoms with van der Waals surface area (Å²) in [5.74, 6) is 0. The Bertz CT molecular complexity index is 570. The molecule has 0 amide bonds. The average molecular weight is 369 g/mol. The van der Waals surface area contributed by atoms with E-state index in [-0.39, 0.29) is 11.4 Å². The lowest BCUT2D eigenvalue weighted by Crippen LogP contribution is -2.40. The Morgan fingerprint density at radius 1 is 1.37 bits per heavy atom. The Morgan fingerprint density at radius 3 is 2.58 bits per heavy atom. The maximum absolute atomic E-state index is 12.1. The first-order valence-corrected chi connectivity index (χ1v) is 8.65. The van der Waals surface area contributed by atoms with Crippen LogP contribution < -0.4 is 4.72 Å². The molecule has 1 aliphatic rings. The molecule has 0 radical (unpaired) electrons. The van der Waals surface area contributed by atoms with E-state index in [2.05, 4.69) is 20.7 Å². The predicted octanol–water partition coefficient (Wildman–Crippen LogP) is 2.69. The van der Waals surface area contributed by atoms with Crippen molar-refractivity contribution in [1.29, 1.82) is 0 Å². The number of rotatable bonds is 4. The van der Waals surface area contributed by atoms with Crippen molar-refractivity contribution in [2.45, 2.75) is 36.2 Å². The molecule has 0 aliphatic heterocycles. The van der Waals surface area contributed by atoms with Gasteiger partial charge in [-0.15, -0.1) is 0 Å². The van der Waals surface area contributed by atoms with Crippen molar-refractivity contribution in [2.75, 3.05) is 6.54 Å². The van der Waals surface area contributed by atoms with Crippen LogP contribution in [0.1, 0.15) is 25.7 Å². The van der Waals surface area contributed by atoms with E-state index in [1.165, 1.54) is 18.2 Å². The molecule has 1 saturated carbocycles. The molecule has 0 bridgehead atoms. The third-order valence-corrected chi connectivity index (χ3v) is 5.94. The van der Waals surface area contributed by atoms with Gasteiger partial charge in [-0.25, -0.2) is 13.1 Å². The second-order valence-electron chi connectivity index (χ2n) is 4.83. The number of hydrogen-bond donors (Lipinski definition) is 2. The molecule has 2 rings (SSSR count). The van der Waals surface area contributed by atoms with Crippen LogP contribution >= 0.6 is 27.5 Å². The minimum Gasteiger partial charge on any atom is -0.389 e. The normalized spacial score (nSPS) is 18.7. The number of hydrogen-bond acceptors (Lipinski definition) is 3. The summed E-state index contributed by atoms with van der Waals surface area (Å²) in [7, 11) is -3.62. The Kier molecular flexibility index (Phi) is 4.57. The van der Waals surface area contributed by atoms with Crippen molar-refractivity contribution in [3.63, 3.8) is 0 Å². The first kappa shape index (κ1) is 15.3. The van der Waals surface area contributed by atoms with E-state index in [9.17, 15) is 13.5 Å². The molecule has 2 N–H and O–H groups in total. The highest BCUT2D eigenvalue weighted by Crippen LogP contribution is 2.29. The van der Waals surface area contributed by atoms with Crippen LogP contribution in [0.25, 0.3) is 0 Å². The summed E-state index contributed by atoms with van der Waals surface area (Å²) in [4.78, 5) is 0.130. The van der Waals surface area contributed by atoms with Gasteiger partial charge in [0.25, 0.3) is 0 Å². The Labute approximate surface area is 126 Å². The predicted molar refractivity (Wildman–Crippen MR) is 77.8 cm³/mol. The van der Waals surface area contributed by atoms with Crippen LogP contribution in [0.3, 0.4) is 0 Å². The minimum absolute atomic E-state index is 0.0512. The molecule has 19 heavy (non-hydrogen) atoms. The third kappa shape index (κ3) is 3.70. The zero-order valence-corrected chi connectivity index (χ0v) is 13.4. The number of nitrogens with one attached hydrogen (secondary N) is 1. The van der Waals surface area contributed by atoms with Crippen molar-refractivity contribution in [2.24, 2.45) is 0 Å². The van der Waals surface area contributed by atoms with E-state index < -0.39 is 15.6 Å². The van der Waals surface area contributed by atoms with E-state index in [0.29, 0.717) is 22.3 Å². The SMILES string of the molecule is O=S(=O)(NCC1(O)CCCC1)c1ccc(Cl)c(Br)c1. The molecule has 0 aromatic heterocycles. The number of aliphatic hydroxyl groups is 1. The third-order valence-electron chi connectivity index (χ3n) is 3.33. The van der Waals surface area contributed by atoms with Gasteiger partial charge in [-0.1, -0.05) is 24.4 Å². The number of halogens is 2. The average Bonchev–Trinajstić information content (AvgIpc) is 2.78. The maximum atomic E-state index is 12.1. The second kappa shape index (κ2) is 5.69. The van der Waals surface area contributed by atoms with Crippen LogP contribution in [-0.4, -0.2) is 25.7 Å². The van der Waals surface area contributed by atoms with Crippen molar-refractivity contribution in [1.82, 2.24) is 4.72 Å². The van der Waals surface area contributed by atoms with E-state index in [0.717, 1.165) is 12.8 Å². The monoisotopic (exact) mass is 367 g/mol. The van der Waals surface area contributed by atoms with E-state index in [4.69, 9.17) is 11.6 Å².